The number of anilines is 1. The fraction of sp³-hybridized carbons (Fsp3) is 0.263. The van der Waals surface area contributed by atoms with E-state index in [9.17, 15) is 22.4 Å². The highest BCUT2D eigenvalue weighted by Gasteiger charge is 2.19. The summed E-state index contributed by atoms with van der Waals surface area (Å²) >= 11 is 0. The Morgan fingerprint density at radius 2 is 1.78 bits per heavy atom. The highest BCUT2D eigenvalue weighted by molar-refractivity contribution is 7.91. The molecule has 0 aromatic heterocycles. The van der Waals surface area contributed by atoms with E-state index in [1.807, 2.05) is 0 Å². The average molecular weight is 393 g/mol. The number of esters is 1. The van der Waals surface area contributed by atoms with Crippen molar-refractivity contribution in [3.05, 3.63) is 65.5 Å². The van der Waals surface area contributed by atoms with E-state index in [1.165, 1.54) is 24.3 Å². The van der Waals surface area contributed by atoms with Gasteiger partial charge in [-0.2, -0.15) is 0 Å². The molecule has 0 aliphatic rings. The largest absolute Gasteiger partial charge is 0.459 e. The van der Waals surface area contributed by atoms with Gasteiger partial charge in [0.05, 0.1) is 17.4 Å². The van der Waals surface area contributed by atoms with Crippen LogP contribution in [0.15, 0.2) is 48.5 Å². The Kier molecular flexibility index (Phi) is 6.68. The highest BCUT2D eigenvalue weighted by atomic mass is 32.2. The Bertz CT molecular complexity index is 923. The number of halogens is 1. The van der Waals surface area contributed by atoms with E-state index < -0.39 is 39.0 Å². The van der Waals surface area contributed by atoms with E-state index in [4.69, 9.17) is 4.74 Å². The van der Waals surface area contributed by atoms with Gasteiger partial charge in [0.15, 0.2) is 9.84 Å². The smallest absolute Gasteiger partial charge is 0.338 e. The quantitative estimate of drug-likeness (QED) is 0.731. The minimum atomic E-state index is -3.77. The standard InChI is InChI=1S/C19H20FNO5S/c1-13(2)26-19(23)15-5-3-4-14(10-15)11-27(24,25)12-18(22)21-17-8-6-16(20)7-9-17/h3-10,13H,11-12H2,1-2H3,(H,21,22). The van der Waals surface area contributed by atoms with Crippen LogP contribution in [0.2, 0.25) is 0 Å². The van der Waals surface area contributed by atoms with Gasteiger partial charge in [-0.25, -0.2) is 17.6 Å². The van der Waals surface area contributed by atoms with Crippen molar-refractivity contribution in [1.29, 1.82) is 0 Å². The van der Waals surface area contributed by atoms with Gasteiger partial charge in [-0.1, -0.05) is 12.1 Å². The summed E-state index contributed by atoms with van der Waals surface area (Å²) in [7, 11) is -3.77. The van der Waals surface area contributed by atoms with Crippen LogP contribution in [-0.2, 0) is 25.1 Å². The van der Waals surface area contributed by atoms with E-state index in [1.54, 1.807) is 26.0 Å². The van der Waals surface area contributed by atoms with Crippen molar-refractivity contribution in [2.45, 2.75) is 25.7 Å². The Morgan fingerprint density at radius 1 is 1.11 bits per heavy atom. The number of hydrogen-bond donors (Lipinski definition) is 1. The van der Waals surface area contributed by atoms with Crippen molar-refractivity contribution in [1.82, 2.24) is 0 Å². The molecule has 0 spiro atoms. The SMILES string of the molecule is CC(C)OC(=O)c1cccc(CS(=O)(=O)CC(=O)Nc2ccc(F)cc2)c1. The Balaban J connectivity index is 2.02. The van der Waals surface area contributed by atoms with Gasteiger partial charge in [0.1, 0.15) is 11.6 Å². The monoisotopic (exact) mass is 393 g/mol. The number of amides is 1. The van der Waals surface area contributed by atoms with E-state index >= 15 is 0 Å². The molecule has 0 radical (unpaired) electrons. The fourth-order valence-electron chi connectivity index (χ4n) is 2.31. The number of benzene rings is 2. The molecule has 0 heterocycles. The van der Waals surface area contributed by atoms with Crippen LogP contribution in [-0.4, -0.2) is 32.2 Å². The molecule has 0 bridgehead atoms. The van der Waals surface area contributed by atoms with Crippen LogP contribution in [0, 0.1) is 5.82 Å². The molecule has 0 atom stereocenters. The molecule has 0 fully saturated rings. The molecule has 0 saturated heterocycles. The summed E-state index contributed by atoms with van der Waals surface area (Å²) in [6.45, 7) is 3.43. The molecule has 0 saturated carbocycles. The molecule has 2 aromatic rings. The van der Waals surface area contributed by atoms with Gasteiger partial charge >= 0.3 is 5.97 Å². The van der Waals surface area contributed by atoms with Crippen molar-refractivity contribution >= 4 is 27.4 Å². The predicted octanol–water partition coefficient (Wildman–Crippen LogP) is 2.94. The third-order valence-corrected chi connectivity index (χ3v) is 4.85. The first-order valence-corrected chi connectivity index (χ1v) is 10.0. The average Bonchev–Trinajstić information content (AvgIpc) is 2.55. The van der Waals surface area contributed by atoms with E-state index in [2.05, 4.69) is 5.32 Å². The molecule has 1 amide bonds. The molecule has 2 aromatic carbocycles. The summed E-state index contributed by atoms with van der Waals surface area (Å²) in [5.41, 5.74) is 0.921. The third-order valence-electron chi connectivity index (χ3n) is 3.37. The van der Waals surface area contributed by atoms with E-state index in [0.29, 0.717) is 11.3 Å². The maximum absolute atomic E-state index is 12.9. The van der Waals surface area contributed by atoms with Crippen molar-refractivity contribution in [3.63, 3.8) is 0 Å². The van der Waals surface area contributed by atoms with Crippen LogP contribution < -0.4 is 5.32 Å². The lowest BCUT2D eigenvalue weighted by molar-refractivity contribution is -0.113. The second-order valence-corrected chi connectivity index (χ2v) is 8.31. The molecule has 0 aliphatic heterocycles. The first kappa shape index (κ1) is 20.6. The first-order valence-electron chi connectivity index (χ1n) is 8.20. The number of sulfone groups is 1. The summed E-state index contributed by atoms with van der Waals surface area (Å²) < 4.78 is 42.5. The van der Waals surface area contributed by atoms with Crippen LogP contribution in [0.5, 0.6) is 0 Å². The molecule has 8 heteroatoms. The zero-order chi connectivity index (χ0) is 20.0. The summed E-state index contributed by atoms with van der Waals surface area (Å²) in [6.07, 6.45) is -0.292. The second-order valence-electron chi connectivity index (χ2n) is 6.24. The number of ether oxygens (including phenoxy) is 1. The lowest BCUT2D eigenvalue weighted by Gasteiger charge is -2.10. The molecule has 144 valence electrons. The lowest BCUT2D eigenvalue weighted by Crippen LogP contribution is -2.24. The maximum Gasteiger partial charge on any atom is 0.338 e. The predicted molar refractivity (Wildman–Crippen MR) is 99.5 cm³/mol. The van der Waals surface area contributed by atoms with Gasteiger partial charge in [0, 0.05) is 5.69 Å². The summed E-state index contributed by atoms with van der Waals surface area (Å²) in [5.74, 6) is -2.86. The summed E-state index contributed by atoms with van der Waals surface area (Å²) in [5, 5.41) is 2.40. The Hall–Kier alpha value is -2.74. The minimum absolute atomic E-state index is 0.243. The fourth-order valence-corrected chi connectivity index (χ4v) is 3.57. The van der Waals surface area contributed by atoms with Crippen LogP contribution in [0.25, 0.3) is 0 Å². The van der Waals surface area contributed by atoms with Gasteiger partial charge in [0.2, 0.25) is 5.91 Å². The van der Waals surface area contributed by atoms with E-state index in [0.717, 1.165) is 12.1 Å². The maximum atomic E-state index is 12.9. The van der Waals surface area contributed by atoms with Crippen molar-refractivity contribution in [2.24, 2.45) is 0 Å². The lowest BCUT2D eigenvalue weighted by atomic mass is 10.1. The molecule has 1 N–H and O–H groups in total. The number of nitrogens with one attached hydrogen (secondary N) is 1. The first-order chi connectivity index (χ1) is 12.6. The normalized spacial score (nSPS) is 11.3. The summed E-state index contributed by atoms with van der Waals surface area (Å²) in [4.78, 5) is 23.9. The van der Waals surface area contributed by atoms with Crippen LogP contribution in [0.1, 0.15) is 29.8 Å². The Labute approximate surface area is 157 Å². The molecular weight excluding hydrogens is 373 g/mol. The molecule has 0 unspecified atom stereocenters. The topological polar surface area (TPSA) is 89.5 Å². The number of hydrogen-bond acceptors (Lipinski definition) is 5. The third kappa shape index (κ3) is 6.82. The number of carbonyl (C=O) groups excluding carboxylic acids is 2. The van der Waals surface area contributed by atoms with Crippen molar-refractivity contribution < 1.29 is 27.1 Å². The molecule has 2 rings (SSSR count). The zero-order valence-electron chi connectivity index (χ0n) is 14.9. The van der Waals surface area contributed by atoms with Gasteiger partial charge < -0.3 is 10.1 Å². The summed E-state index contributed by atoms with van der Waals surface area (Å²) in [6, 6.07) is 11.1. The molecule has 6 nitrogen and oxygen atoms in total. The number of rotatable bonds is 7. The minimum Gasteiger partial charge on any atom is -0.459 e. The number of carbonyl (C=O) groups is 2. The van der Waals surface area contributed by atoms with Crippen molar-refractivity contribution in [3.8, 4) is 0 Å². The van der Waals surface area contributed by atoms with E-state index in [-0.39, 0.29) is 11.7 Å². The Morgan fingerprint density at radius 3 is 2.41 bits per heavy atom. The highest BCUT2D eigenvalue weighted by Crippen LogP contribution is 2.13. The van der Waals surface area contributed by atoms with Crippen LogP contribution in [0.3, 0.4) is 0 Å². The van der Waals surface area contributed by atoms with Crippen molar-refractivity contribution in [2.75, 3.05) is 11.1 Å². The van der Waals surface area contributed by atoms with Crippen LogP contribution >= 0.6 is 0 Å². The zero-order valence-corrected chi connectivity index (χ0v) is 15.8. The van der Waals surface area contributed by atoms with Crippen LogP contribution in [0.4, 0.5) is 10.1 Å². The molecular formula is C19H20FNO5S. The molecule has 0 aliphatic carbocycles. The van der Waals surface area contributed by atoms with Gasteiger partial charge in [-0.3, -0.25) is 4.79 Å². The second kappa shape index (κ2) is 8.77. The molecule has 27 heavy (non-hydrogen) atoms. The van der Waals surface area contributed by atoms with Gasteiger partial charge in [-0.05, 0) is 55.8 Å². The van der Waals surface area contributed by atoms with Gasteiger partial charge in [-0.15, -0.1) is 0 Å². The van der Waals surface area contributed by atoms with Gasteiger partial charge in [0.25, 0.3) is 0 Å².